The lowest BCUT2D eigenvalue weighted by Gasteiger charge is -2.15. The van der Waals surface area contributed by atoms with Gasteiger partial charge >= 0.3 is 6.18 Å². The lowest BCUT2D eigenvalue weighted by Crippen LogP contribution is -2.19. The number of alkyl halides is 3. The highest BCUT2D eigenvalue weighted by molar-refractivity contribution is 6.39. The molecule has 0 fully saturated rings. The van der Waals surface area contributed by atoms with E-state index in [9.17, 15) is 22.8 Å². The van der Waals surface area contributed by atoms with Gasteiger partial charge in [-0.05, 0) is 42.5 Å². The number of anilines is 1. The smallest absolute Gasteiger partial charge is 0.419 e. The van der Waals surface area contributed by atoms with Gasteiger partial charge in [-0.2, -0.15) is 13.2 Å². The predicted molar refractivity (Wildman–Crippen MR) is 128 cm³/mol. The minimum Gasteiger partial charge on any atom is -0.496 e. The van der Waals surface area contributed by atoms with Crippen LogP contribution >= 0.6 is 23.2 Å². The van der Waals surface area contributed by atoms with Crippen LogP contribution in [0, 0.1) is 0 Å². The van der Waals surface area contributed by atoms with Gasteiger partial charge in [0.15, 0.2) is 0 Å². The summed E-state index contributed by atoms with van der Waals surface area (Å²) in [6.07, 6.45) is -1.55. The number of hydrogen-bond donors (Lipinski definition) is 1. The lowest BCUT2D eigenvalue weighted by molar-refractivity contribution is -0.138. The summed E-state index contributed by atoms with van der Waals surface area (Å²) in [5.74, 6) is -1.22. The molecular weight excluding hydrogens is 506 g/mol. The fourth-order valence-corrected chi connectivity index (χ4v) is 4.37. The molecule has 0 unspecified atom stereocenters. The molecule has 0 atom stereocenters. The van der Waals surface area contributed by atoms with Crippen molar-refractivity contribution < 1.29 is 22.7 Å². The van der Waals surface area contributed by atoms with Gasteiger partial charge < -0.3 is 14.6 Å². The molecule has 0 bridgehead atoms. The molecule has 4 rings (SSSR count). The number of nitrogens with zero attached hydrogens (tertiary/aromatic N) is 2. The summed E-state index contributed by atoms with van der Waals surface area (Å²) in [4.78, 5) is 29.7. The molecule has 0 saturated carbocycles. The second-order valence-corrected chi connectivity index (χ2v) is 8.35. The molecule has 2 aromatic heterocycles. The SMILES string of the molecule is COc1ccc(C(=O)Nc2cc(Cl)c(-c3cc4cnccc4n(C)c3=O)c(Cl)c2)cc1C(F)(F)F. The summed E-state index contributed by atoms with van der Waals surface area (Å²) < 4.78 is 46.1. The average Bonchev–Trinajstić information content (AvgIpc) is 2.80. The number of methoxy groups -OCH3 is 1. The van der Waals surface area contributed by atoms with Crippen molar-refractivity contribution in [2.45, 2.75) is 6.18 Å². The van der Waals surface area contributed by atoms with E-state index in [1.807, 2.05) is 0 Å². The Labute approximate surface area is 206 Å². The zero-order valence-electron chi connectivity index (χ0n) is 18.2. The highest BCUT2D eigenvalue weighted by atomic mass is 35.5. The summed E-state index contributed by atoms with van der Waals surface area (Å²) in [7, 11) is 2.71. The number of aryl methyl sites for hydroxylation is 1. The minimum atomic E-state index is -4.71. The van der Waals surface area contributed by atoms with E-state index in [0.717, 1.165) is 13.2 Å². The number of benzene rings is 2. The first-order chi connectivity index (χ1) is 16.5. The standard InChI is InChI=1S/C24H16Cl2F3N3O3/c1-32-19-5-6-30-11-13(19)7-15(23(32)34)21-17(25)9-14(10-18(21)26)31-22(33)12-3-4-20(35-2)16(8-12)24(27,28)29/h3-11H,1-2H3,(H,31,33). The van der Waals surface area contributed by atoms with Gasteiger partial charge in [-0.3, -0.25) is 14.6 Å². The third-order valence-electron chi connectivity index (χ3n) is 5.36. The normalized spacial score (nSPS) is 11.5. The van der Waals surface area contributed by atoms with Crippen LogP contribution < -0.4 is 15.6 Å². The molecule has 0 radical (unpaired) electrons. The van der Waals surface area contributed by atoms with Crippen molar-refractivity contribution >= 4 is 45.7 Å². The zero-order chi connectivity index (χ0) is 25.5. The Hall–Kier alpha value is -3.56. The van der Waals surface area contributed by atoms with E-state index >= 15 is 0 Å². The van der Waals surface area contributed by atoms with Crippen molar-refractivity contribution in [3.05, 3.63) is 86.4 Å². The highest BCUT2D eigenvalue weighted by Crippen LogP contribution is 2.38. The van der Waals surface area contributed by atoms with Crippen LogP contribution in [0.5, 0.6) is 5.75 Å². The molecule has 1 N–H and O–H groups in total. The highest BCUT2D eigenvalue weighted by Gasteiger charge is 2.35. The van der Waals surface area contributed by atoms with Crippen LogP contribution in [0.15, 0.2) is 59.7 Å². The van der Waals surface area contributed by atoms with Crippen molar-refractivity contribution in [1.29, 1.82) is 0 Å². The lowest BCUT2D eigenvalue weighted by atomic mass is 10.0. The molecule has 6 nitrogen and oxygen atoms in total. The van der Waals surface area contributed by atoms with E-state index in [1.54, 1.807) is 31.6 Å². The third-order valence-corrected chi connectivity index (χ3v) is 5.96. The summed E-state index contributed by atoms with van der Waals surface area (Å²) in [6, 6.07) is 9.00. The number of pyridine rings is 2. The first-order valence-electron chi connectivity index (χ1n) is 10.0. The topological polar surface area (TPSA) is 73.2 Å². The number of hydrogen-bond acceptors (Lipinski definition) is 4. The van der Waals surface area contributed by atoms with Crippen LogP contribution in [0.25, 0.3) is 22.0 Å². The maximum absolute atomic E-state index is 13.3. The monoisotopic (exact) mass is 521 g/mol. The Kier molecular flexibility index (Phi) is 6.48. The zero-order valence-corrected chi connectivity index (χ0v) is 19.7. The number of rotatable bonds is 4. The maximum Gasteiger partial charge on any atom is 0.419 e. The predicted octanol–water partition coefficient (Wildman–Crippen LogP) is 6.19. The van der Waals surface area contributed by atoms with Gasteiger partial charge in [0, 0.05) is 41.6 Å². The van der Waals surface area contributed by atoms with Crippen LogP contribution in [0.4, 0.5) is 18.9 Å². The second-order valence-electron chi connectivity index (χ2n) is 7.54. The first-order valence-corrected chi connectivity index (χ1v) is 10.8. The second kappa shape index (κ2) is 9.24. The number of halogens is 5. The van der Waals surface area contributed by atoms with Crippen molar-refractivity contribution in [3.8, 4) is 16.9 Å². The average molecular weight is 522 g/mol. The summed E-state index contributed by atoms with van der Waals surface area (Å²) in [5.41, 5.74) is -0.388. The summed E-state index contributed by atoms with van der Waals surface area (Å²) >= 11 is 12.9. The Balaban J connectivity index is 1.71. The van der Waals surface area contributed by atoms with Gasteiger partial charge in [-0.1, -0.05) is 23.2 Å². The largest absolute Gasteiger partial charge is 0.496 e. The molecule has 180 valence electrons. The molecule has 0 aliphatic rings. The molecule has 2 heterocycles. The van der Waals surface area contributed by atoms with Crippen molar-refractivity contribution in [2.75, 3.05) is 12.4 Å². The van der Waals surface area contributed by atoms with E-state index in [4.69, 9.17) is 27.9 Å². The molecule has 11 heteroatoms. The minimum absolute atomic E-state index is 0.0684. The van der Waals surface area contributed by atoms with Gasteiger partial charge in [-0.25, -0.2) is 0 Å². The van der Waals surface area contributed by atoms with E-state index in [-0.39, 0.29) is 38.0 Å². The molecule has 0 spiro atoms. The van der Waals surface area contributed by atoms with Crippen molar-refractivity contribution in [3.63, 3.8) is 0 Å². The van der Waals surface area contributed by atoms with Gasteiger partial charge in [-0.15, -0.1) is 0 Å². The van der Waals surface area contributed by atoms with Crippen LogP contribution in [-0.4, -0.2) is 22.6 Å². The number of fused-ring (bicyclic) bond motifs is 1. The quantitative estimate of drug-likeness (QED) is 0.347. The molecule has 0 saturated heterocycles. The van der Waals surface area contributed by atoms with Gasteiger partial charge in [0.05, 0.1) is 33.8 Å². The molecular formula is C24H16Cl2F3N3O3. The Bertz CT molecular complexity index is 1510. The fraction of sp³-hybridized carbons (Fsp3) is 0.125. The summed E-state index contributed by atoms with van der Waals surface area (Å²) in [5, 5.41) is 3.31. The first kappa shape index (κ1) is 24.6. The van der Waals surface area contributed by atoms with Gasteiger partial charge in [0.25, 0.3) is 11.5 Å². The van der Waals surface area contributed by atoms with E-state index in [0.29, 0.717) is 17.0 Å². The number of nitrogens with one attached hydrogen (secondary N) is 1. The van der Waals surface area contributed by atoms with Gasteiger partial charge in [0.1, 0.15) is 5.75 Å². The molecule has 1 amide bonds. The molecule has 4 aromatic rings. The Morgan fingerprint density at radius 3 is 2.40 bits per heavy atom. The van der Waals surface area contributed by atoms with E-state index < -0.39 is 23.4 Å². The van der Waals surface area contributed by atoms with Crippen LogP contribution in [0.2, 0.25) is 10.0 Å². The fourth-order valence-electron chi connectivity index (χ4n) is 3.68. The van der Waals surface area contributed by atoms with Gasteiger partial charge in [0.2, 0.25) is 0 Å². The van der Waals surface area contributed by atoms with Crippen molar-refractivity contribution in [2.24, 2.45) is 7.05 Å². The Morgan fingerprint density at radius 1 is 1.09 bits per heavy atom. The Morgan fingerprint density at radius 2 is 1.77 bits per heavy atom. The molecule has 0 aliphatic carbocycles. The van der Waals surface area contributed by atoms with Crippen LogP contribution in [0.1, 0.15) is 15.9 Å². The van der Waals surface area contributed by atoms with Crippen LogP contribution in [-0.2, 0) is 13.2 Å². The molecule has 0 aliphatic heterocycles. The van der Waals surface area contributed by atoms with Crippen LogP contribution in [0.3, 0.4) is 0 Å². The third kappa shape index (κ3) is 4.69. The number of aromatic nitrogens is 2. The van der Waals surface area contributed by atoms with E-state index in [1.165, 1.54) is 22.8 Å². The number of carbonyl (C=O) groups excluding carboxylic acids is 1. The summed E-state index contributed by atoms with van der Waals surface area (Å²) in [6.45, 7) is 0. The molecule has 2 aromatic carbocycles. The molecule has 35 heavy (non-hydrogen) atoms. The number of carbonyl (C=O) groups is 1. The van der Waals surface area contributed by atoms with E-state index in [2.05, 4.69) is 10.3 Å². The van der Waals surface area contributed by atoms with Crippen molar-refractivity contribution in [1.82, 2.24) is 9.55 Å². The number of ether oxygens (including phenoxy) is 1. The number of amides is 1. The maximum atomic E-state index is 13.3.